The van der Waals surface area contributed by atoms with Gasteiger partial charge in [-0.15, -0.1) is 0 Å². The summed E-state index contributed by atoms with van der Waals surface area (Å²) in [5.74, 6) is -0.113. The van der Waals surface area contributed by atoms with Crippen molar-refractivity contribution in [2.75, 3.05) is 13.1 Å². The van der Waals surface area contributed by atoms with Crippen LogP contribution in [-0.4, -0.2) is 41.5 Å². The third-order valence-corrected chi connectivity index (χ3v) is 3.56. The molecule has 0 aromatic carbocycles. The highest BCUT2D eigenvalue weighted by Gasteiger charge is 2.43. The van der Waals surface area contributed by atoms with Crippen LogP contribution in [0, 0.1) is 0 Å². The van der Waals surface area contributed by atoms with Gasteiger partial charge in [-0.2, -0.15) is 0 Å². The Morgan fingerprint density at radius 2 is 2.12 bits per heavy atom. The molecule has 5 nitrogen and oxygen atoms in total. The zero-order valence-corrected chi connectivity index (χ0v) is 10.6. The zero-order chi connectivity index (χ0) is 12.5. The standard InChI is InChI=1S/C12H21N3O2/c1-12(2)10(16)15(11(17)14-12)8-6-9-5-3-4-7-13-9/h9,13H,3-8H2,1-2H3,(H,14,17)/t9-/m1/s1. The molecule has 0 aromatic heterocycles. The van der Waals surface area contributed by atoms with Crippen molar-refractivity contribution in [3.8, 4) is 0 Å². The average Bonchev–Trinajstić information content (AvgIpc) is 2.48. The van der Waals surface area contributed by atoms with Crippen LogP contribution in [0.2, 0.25) is 0 Å². The van der Waals surface area contributed by atoms with Gasteiger partial charge in [0.1, 0.15) is 5.54 Å². The van der Waals surface area contributed by atoms with Crippen molar-refractivity contribution in [3.63, 3.8) is 0 Å². The summed E-state index contributed by atoms with van der Waals surface area (Å²) in [6.07, 6.45) is 4.47. The van der Waals surface area contributed by atoms with E-state index in [1.807, 2.05) is 0 Å². The minimum Gasteiger partial charge on any atom is -0.324 e. The van der Waals surface area contributed by atoms with Crippen LogP contribution >= 0.6 is 0 Å². The number of rotatable bonds is 3. The van der Waals surface area contributed by atoms with E-state index >= 15 is 0 Å². The highest BCUT2D eigenvalue weighted by molar-refractivity contribution is 6.06. The summed E-state index contributed by atoms with van der Waals surface area (Å²) < 4.78 is 0. The van der Waals surface area contributed by atoms with E-state index in [0.717, 1.165) is 19.4 Å². The Morgan fingerprint density at radius 1 is 1.35 bits per heavy atom. The maximum atomic E-state index is 11.9. The molecule has 0 spiro atoms. The van der Waals surface area contributed by atoms with Crippen molar-refractivity contribution in [3.05, 3.63) is 0 Å². The maximum absolute atomic E-state index is 11.9. The van der Waals surface area contributed by atoms with Gasteiger partial charge in [-0.3, -0.25) is 9.69 Å². The van der Waals surface area contributed by atoms with Crippen molar-refractivity contribution >= 4 is 11.9 Å². The van der Waals surface area contributed by atoms with Crippen molar-refractivity contribution in [2.24, 2.45) is 0 Å². The molecule has 17 heavy (non-hydrogen) atoms. The number of piperidine rings is 1. The topological polar surface area (TPSA) is 61.4 Å². The number of nitrogens with one attached hydrogen (secondary N) is 2. The lowest BCUT2D eigenvalue weighted by Gasteiger charge is -2.25. The Kier molecular flexibility index (Phi) is 3.38. The first-order valence-electron chi connectivity index (χ1n) is 6.38. The molecule has 0 aliphatic carbocycles. The third kappa shape index (κ3) is 2.60. The van der Waals surface area contributed by atoms with E-state index in [9.17, 15) is 9.59 Å². The van der Waals surface area contributed by atoms with Gasteiger partial charge in [0.15, 0.2) is 0 Å². The summed E-state index contributed by atoms with van der Waals surface area (Å²) >= 11 is 0. The Balaban J connectivity index is 1.86. The molecule has 0 unspecified atom stereocenters. The van der Waals surface area contributed by atoms with Gasteiger partial charge >= 0.3 is 6.03 Å². The van der Waals surface area contributed by atoms with Crippen LogP contribution in [0.25, 0.3) is 0 Å². The third-order valence-electron chi connectivity index (χ3n) is 3.56. The fourth-order valence-electron chi connectivity index (χ4n) is 2.48. The molecular formula is C12H21N3O2. The number of amides is 3. The lowest BCUT2D eigenvalue weighted by Crippen LogP contribution is -2.41. The van der Waals surface area contributed by atoms with E-state index in [-0.39, 0.29) is 11.9 Å². The number of hydrogen-bond acceptors (Lipinski definition) is 3. The highest BCUT2D eigenvalue weighted by atomic mass is 16.2. The van der Waals surface area contributed by atoms with E-state index in [4.69, 9.17) is 0 Å². The molecular weight excluding hydrogens is 218 g/mol. The summed E-state index contributed by atoms with van der Waals surface area (Å²) in [5.41, 5.74) is -0.739. The van der Waals surface area contributed by atoms with Crippen molar-refractivity contribution in [1.82, 2.24) is 15.5 Å². The van der Waals surface area contributed by atoms with Crippen LogP contribution in [0.5, 0.6) is 0 Å². The molecule has 3 amide bonds. The second-order valence-corrected chi connectivity index (χ2v) is 5.45. The van der Waals surface area contributed by atoms with Gasteiger partial charge < -0.3 is 10.6 Å². The summed E-state index contributed by atoms with van der Waals surface area (Å²) in [6.45, 7) is 5.06. The first kappa shape index (κ1) is 12.4. The van der Waals surface area contributed by atoms with Crippen LogP contribution in [-0.2, 0) is 4.79 Å². The molecule has 5 heteroatoms. The SMILES string of the molecule is CC1(C)NC(=O)N(CC[C@H]2CCCCN2)C1=O. The van der Waals surface area contributed by atoms with Crippen LogP contribution in [0.1, 0.15) is 39.5 Å². The van der Waals surface area contributed by atoms with Gasteiger partial charge in [-0.05, 0) is 39.7 Å². The molecule has 0 aromatic rings. The number of hydrogen-bond donors (Lipinski definition) is 2. The fraction of sp³-hybridized carbons (Fsp3) is 0.833. The van der Waals surface area contributed by atoms with Crippen LogP contribution in [0.15, 0.2) is 0 Å². The lowest BCUT2D eigenvalue weighted by molar-refractivity contribution is -0.130. The summed E-state index contributed by atoms with van der Waals surface area (Å²) in [7, 11) is 0. The average molecular weight is 239 g/mol. The smallest absolute Gasteiger partial charge is 0.324 e. The molecule has 0 radical (unpaired) electrons. The molecule has 2 rings (SSSR count). The number of urea groups is 1. The van der Waals surface area contributed by atoms with Crippen molar-refractivity contribution in [2.45, 2.75) is 51.1 Å². The first-order chi connectivity index (χ1) is 8.00. The molecule has 2 heterocycles. The molecule has 2 aliphatic heterocycles. The largest absolute Gasteiger partial charge is 0.325 e. The van der Waals surface area contributed by atoms with Gasteiger partial charge in [0.05, 0.1) is 0 Å². The monoisotopic (exact) mass is 239 g/mol. The Labute approximate surface area is 102 Å². The maximum Gasteiger partial charge on any atom is 0.325 e. The number of imide groups is 1. The second kappa shape index (κ2) is 4.64. The molecule has 2 aliphatic rings. The molecule has 0 bridgehead atoms. The minimum absolute atomic E-state index is 0.113. The van der Waals surface area contributed by atoms with E-state index in [1.54, 1.807) is 13.8 Å². The molecule has 2 saturated heterocycles. The van der Waals surface area contributed by atoms with Crippen LogP contribution < -0.4 is 10.6 Å². The number of nitrogens with zero attached hydrogens (tertiary/aromatic N) is 1. The van der Waals surface area contributed by atoms with E-state index in [0.29, 0.717) is 12.6 Å². The molecule has 0 saturated carbocycles. The second-order valence-electron chi connectivity index (χ2n) is 5.45. The fourth-order valence-corrected chi connectivity index (χ4v) is 2.48. The zero-order valence-electron chi connectivity index (χ0n) is 10.6. The van der Waals surface area contributed by atoms with Gasteiger partial charge in [0.25, 0.3) is 5.91 Å². The number of carbonyl (C=O) groups excluding carboxylic acids is 2. The van der Waals surface area contributed by atoms with E-state index in [1.165, 1.54) is 17.7 Å². The minimum atomic E-state index is -0.739. The Hall–Kier alpha value is -1.10. The summed E-state index contributed by atoms with van der Waals surface area (Å²) in [4.78, 5) is 24.9. The molecule has 1 atom stereocenters. The molecule has 96 valence electrons. The predicted octanol–water partition coefficient (Wildman–Crippen LogP) is 0.849. The van der Waals surface area contributed by atoms with Crippen molar-refractivity contribution in [1.29, 1.82) is 0 Å². The summed E-state index contributed by atoms with van der Waals surface area (Å²) in [6, 6.07) is 0.198. The first-order valence-corrected chi connectivity index (χ1v) is 6.38. The quantitative estimate of drug-likeness (QED) is 0.718. The highest BCUT2D eigenvalue weighted by Crippen LogP contribution is 2.18. The van der Waals surface area contributed by atoms with E-state index < -0.39 is 5.54 Å². The lowest BCUT2D eigenvalue weighted by atomic mass is 10.0. The van der Waals surface area contributed by atoms with Crippen molar-refractivity contribution < 1.29 is 9.59 Å². The van der Waals surface area contributed by atoms with Gasteiger partial charge in [0, 0.05) is 12.6 Å². The summed E-state index contributed by atoms with van der Waals surface area (Å²) in [5, 5.41) is 6.12. The van der Waals surface area contributed by atoms with E-state index in [2.05, 4.69) is 10.6 Å². The Morgan fingerprint density at radius 3 is 2.65 bits per heavy atom. The van der Waals surface area contributed by atoms with Gasteiger partial charge in [0.2, 0.25) is 0 Å². The molecule has 2 fully saturated rings. The van der Waals surface area contributed by atoms with Crippen LogP contribution in [0.4, 0.5) is 4.79 Å². The predicted molar refractivity (Wildman–Crippen MR) is 64.6 cm³/mol. The van der Waals surface area contributed by atoms with Gasteiger partial charge in [-0.25, -0.2) is 4.79 Å². The Bertz CT molecular complexity index is 322. The number of carbonyl (C=O) groups is 2. The van der Waals surface area contributed by atoms with Crippen LogP contribution in [0.3, 0.4) is 0 Å². The normalized spacial score (nSPS) is 28.4. The molecule has 2 N–H and O–H groups in total. The van der Waals surface area contributed by atoms with Gasteiger partial charge in [-0.1, -0.05) is 6.42 Å².